The molecule has 0 amide bonds. The number of rotatable bonds is 1. The number of nitrogens with one attached hydrogen (secondary N) is 1. The number of hydrogen-bond acceptors (Lipinski definition) is 2. The van der Waals surface area contributed by atoms with E-state index in [4.69, 9.17) is 0 Å². The minimum absolute atomic E-state index is 0.194. The van der Waals surface area contributed by atoms with Crippen LogP contribution in [-0.4, -0.2) is 18.4 Å². The van der Waals surface area contributed by atoms with Crippen LogP contribution in [0.2, 0.25) is 0 Å². The summed E-state index contributed by atoms with van der Waals surface area (Å²) in [5, 5.41) is 3.22. The van der Waals surface area contributed by atoms with E-state index in [-0.39, 0.29) is 5.78 Å². The Hall–Kier alpha value is -0.630. The van der Waals surface area contributed by atoms with Crippen LogP contribution >= 0.6 is 0 Å². The zero-order valence-corrected chi connectivity index (χ0v) is 6.48. The van der Waals surface area contributed by atoms with E-state index in [2.05, 4.69) is 12.2 Å². The quantitative estimate of drug-likeness (QED) is 0.584. The average molecular weight is 139 g/mol. The van der Waals surface area contributed by atoms with Gasteiger partial charge in [0.25, 0.3) is 0 Å². The maximum absolute atomic E-state index is 10.8. The summed E-state index contributed by atoms with van der Waals surface area (Å²) in [5.41, 5.74) is 0.929. The smallest absolute Gasteiger partial charge is 0.156 e. The number of carbonyl (C=O) groups excluding carboxylic acids is 1. The van der Waals surface area contributed by atoms with Crippen LogP contribution in [-0.2, 0) is 4.79 Å². The Morgan fingerprint density at radius 3 is 2.90 bits per heavy atom. The highest BCUT2D eigenvalue weighted by Gasteiger charge is 2.10. The van der Waals surface area contributed by atoms with Gasteiger partial charge >= 0.3 is 0 Å². The fourth-order valence-corrected chi connectivity index (χ4v) is 1.03. The molecule has 0 aliphatic carbocycles. The summed E-state index contributed by atoms with van der Waals surface area (Å²) in [6.07, 6.45) is 3.01. The van der Waals surface area contributed by atoms with Gasteiger partial charge in [-0.05, 0) is 20.3 Å². The molecule has 10 heavy (non-hydrogen) atoms. The van der Waals surface area contributed by atoms with E-state index in [9.17, 15) is 4.79 Å². The van der Waals surface area contributed by atoms with E-state index >= 15 is 0 Å². The highest BCUT2D eigenvalue weighted by molar-refractivity contribution is 5.93. The molecule has 56 valence electrons. The molecule has 0 spiro atoms. The summed E-state index contributed by atoms with van der Waals surface area (Å²) < 4.78 is 0. The third-order valence-corrected chi connectivity index (χ3v) is 1.81. The fraction of sp³-hybridized carbons (Fsp3) is 0.625. The molecule has 0 saturated carbocycles. The van der Waals surface area contributed by atoms with E-state index in [0.717, 1.165) is 18.5 Å². The molecule has 1 aliphatic heterocycles. The van der Waals surface area contributed by atoms with Gasteiger partial charge in [0, 0.05) is 18.2 Å². The maximum Gasteiger partial charge on any atom is 0.156 e. The average Bonchev–Trinajstić information content (AvgIpc) is 1.88. The van der Waals surface area contributed by atoms with Gasteiger partial charge in [-0.2, -0.15) is 0 Å². The normalized spacial score (nSPS) is 25.8. The van der Waals surface area contributed by atoms with Crippen LogP contribution in [0.4, 0.5) is 0 Å². The topological polar surface area (TPSA) is 29.1 Å². The van der Waals surface area contributed by atoms with Crippen molar-refractivity contribution in [3.8, 4) is 0 Å². The van der Waals surface area contributed by atoms with Crippen molar-refractivity contribution in [1.29, 1.82) is 0 Å². The van der Waals surface area contributed by atoms with Crippen molar-refractivity contribution in [1.82, 2.24) is 5.32 Å². The van der Waals surface area contributed by atoms with E-state index in [0.29, 0.717) is 6.04 Å². The van der Waals surface area contributed by atoms with Crippen molar-refractivity contribution in [3.63, 3.8) is 0 Å². The summed E-state index contributed by atoms with van der Waals surface area (Å²) >= 11 is 0. The molecule has 2 heteroatoms. The molecule has 0 bridgehead atoms. The Balaban J connectivity index is 2.56. The van der Waals surface area contributed by atoms with E-state index < -0.39 is 0 Å². The Labute approximate surface area is 61.3 Å². The Bertz CT molecular complexity index is 172. The van der Waals surface area contributed by atoms with Crippen LogP contribution in [0.5, 0.6) is 0 Å². The van der Waals surface area contributed by atoms with Gasteiger partial charge in [0.2, 0.25) is 0 Å². The van der Waals surface area contributed by atoms with Crippen LogP contribution in [0.1, 0.15) is 20.3 Å². The third kappa shape index (κ3) is 1.67. The molecule has 1 heterocycles. The molecule has 0 saturated heterocycles. The predicted octanol–water partition coefficient (Wildman–Crippen LogP) is 0.884. The summed E-state index contributed by atoms with van der Waals surface area (Å²) in [5.74, 6) is 0.194. The standard InChI is InChI=1S/C8H13NO/c1-6-3-4-8(5-9-6)7(2)10/h4,6,9H,3,5H2,1-2H3. The summed E-state index contributed by atoms with van der Waals surface area (Å²) in [6.45, 7) is 4.48. The van der Waals surface area contributed by atoms with E-state index in [1.807, 2.05) is 6.08 Å². The van der Waals surface area contributed by atoms with Crippen LogP contribution in [0.3, 0.4) is 0 Å². The number of carbonyl (C=O) groups is 1. The van der Waals surface area contributed by atoms with Crippen molar-refractivity contribution >= 4 is 5.78 Å². The first-order valence-corrected chi connectivity index (χ1v) is 3.63. The summed E-state index contributed by atoms with van der Waals surface area (Å²) in [4.78, 5) is 10.8. The van der Waals surface area contributed by atoms with Crippen molar-refractivity contribution < 1.29 is 4.79 Å². The molecular formula is C8H13NO. The van der Waals surface area contributed by atoms with Crippen LogP contribution in [0, 0.1) is 0 Å². The Morgan fingerprint density at radius 1 is 1.80 bits per heavy atom. The predicted molar refractivity (Wildman–Crippen MR) is 40.8 cm³/mol. The summed E-state index contributed by atoms with van der Waals surface area (Å²) in [7, 11) is 0. The molecule has 0 fully saturated rings. The highest BCUT2D eigenvalue weighted by Crippen LogP contribution is 2.06. The highest BCUT2D eigenvalue weighted by atomic mass is 16.1. The first kappa shape index (κ1) is 7.48. The van der Waals surface area contributed by atoms with E-state index in [1.54, 1.807) is 6.92 Å². The second kappa shape index (κ2) is 2.97. The Kier molecular flexibility index (Phi) is 2.22. The first-order valence-electron chi connectivity index (χ1n) is 3.63. The SMILES string of the molecule is CC(=O)C1=CCC(C)NC1. The zero-order chi connectivity index (χ0) is 7.56. The second-order valence-corrected chi connectivity index (χ2v) is 2.80. The van der Waals surface area contributed by atoms with Gasteiger partial charge in [-0.25, -0.2) is 0 Å². The molecular weight excluding hydrogens is 126 g/mol. The van der Waals surface area contributed by atoms with E-state index in [1.165, 1.54) is 0 Å². The third-order valence-electron chi connectivity index (χ3n) is 1.81. The molecule has 1 atom stereocenters. The lowest BCUT2D eigenvalue weighted by atomic mass is 10.0. The van der Waals surface area contributed by atoms with Crippen LogP contribution in [0.15, 0.2) is 11.6 Å². The molecule has 1 aliphatic rings. The molecule has 0 radical (unpaired) electrons. The number of hydrogen-bond donors (Lipinski definition) is 1. The monoisotopic (exact) mass is 139 g/mol. The largest absolute Gasteiger partial charge is 0.310 e. The van der Waals surface area contributed by atoms with Gasteiger partial charge in [0.1, 0.15) is 0 Å². The lowest BCUT2D eigenvalue weighted by Gasteiger charge is -2.18. The molecule has 0 aromatic heterocycles. The second-order valence-electron chi connectivity index (χ2n) is 2.80. The lowest BCUT2D eigenvalue weighted by molar-refractivity contribution is -0.113. The first-order chi connectivity index (χ1) is 4.70. The number of ketones is 1. The lowest BCUT2D eigenvalue weighted by Crippen LogP contribution is -2.32. The molecule has 1 unspecified atom stereocenters. The molecule has 2 nitrogen and oxygen atoms in total. The summed E-state index contributed by atoms with van der Waals surface area (Å²) in [6, 6.07) is 0.531. The van der Waals surface area contributed by atoms with Crippen LogP contribution in [0.25, 0.3) is 0 Å². The molecule has 1 N–H and O–H groups in total. The van der Waals surface area contributed by atoms with Gasteiger partial charge in [-0.1, -0.05) is 6.08 Å². The van der Waals surface area contributed by atoms with Gasteiger partial charge in [-0.3, -0.25) is 4.79 Å². The minimum Gasteiger partial charge on any atom is -0.310 e. The molecule has 1 rings (SSSR count). The van der Waals surface area contributed by atoms with Crippen molar-refractivity contribution in [3.05, 3.63) is 11.6 Å². The van der Waals surface area contributed by atoms with Crippen molar-refractivity contribution in [2.45, 2.75) is 26.3 Å². The fourth-order valence-electron chi connectivity index (χ4n) is 1.03. The Morgan fingerprint density at radius 2 is 2.50 bits per heavy atom. The molecule has 0 aromatic rings. The van der Waals surface area contributed by atoms with Crippen molar-refractivity contribution in [2.75, 3.05) is 6.54 Å². The maximum atomic E-state index is 10.8. The van der Waals surface area contributed by atoms with Crippen molar-refractivity contribution in [2.24, 2.45) is 0 Å². The number of Topliss-reactive ketones (excluding diaryl/α,β-unsaturated/α-hetero) is 1. The van der Waals surface area contributed by atoms with Gasteiger partial charge in [0.05, 0.1) is 0 Å². The van der Waals surface area contributed by atoms with Gasteiger partial charge in [0.15, 0.2) is 5.78 Å². The van der Waals surface area contributed by atoms with Gasteiger partial charge in [-0.15, -0.1) is 0 Å². The van der Waals surface area contributed by atoms with Crippen LogP contribution < -0.4 is 5.32 Å². The minimum atomic E-state index is 0.194. The zero-order valence-electron chi connectivity index (χ0n) is 6.48. The van der Waals surface area contributed by atoms with Gasteiger partial charge < -0.3 is 5.32 Å². The molecule has 0 aromatic carbocycles.